The van der Waals surface area contributed by atoms with Crippen molar-refractivity contribution < 1.29 is 0 Å². The lowest BCUT2D eigenvalue weighted by Gasteiger charge is -2.27. The van der Waals surface area contributed by atoms with Crippen LogP contribution in [0.5, 0.6) is 0 Å². The molecule has 0 radical (unpaired) electrons. The Morgan fingerprint density at radius 2 is 2.07 bits per heavy atom. The summed E-state index contributed by atoms with van der Waals surface area (Å²) in [5, 5.41) is 13.2. The van der Waals surface area contributed by atoms with E-state index in [0.717, 1.165) is 31.1 Å². The molecule has 0 unspecified atom stereocenters. The predicted molar refractivity (Wildman–Crippen MR) is 61.4 cm³/mol. The van der Waals surface area contributed by atoms with Gasteiger partial charge in [-0.15, -0.1) is 23.7 Å². The van der Waals surface area contributed by atoms with Crippen LogP contribution in [0.15, 0.2) is 12.1 Å². The van der Waals surface area contributed by atoms with Crippen LogP contribution >= 0.6 is 23.7 Å². The second kappa shape index (κ2) is 5.20. The Balaban J connectivity index is 0.000000980. The highest BCUT2D eigenvalue weighted by atomic mass is 35.5. The first-order valence-corrected chi connectivity index (χ1v) is 5.17. The fraction of sp³-hybridized carbons (Fsp3) is 0.444. The van der Waals surface area contributed by atoms with Crippen LogP contribution in [0.3, 0.4) is 0 Å². The van der Waals surface area contributed by atoms with Crippen LogP contribution in [-0.2, 0) is 0 Å². The SMILES string of the molecule is Cl.N#Cc1ccc(N2CCNCC2)s1. The Bertz CT molecular complexity index is 325. The minimum Gasteiger partial charge on any atom is -0.361 e. The fourth-order valence-electron chi connectivity index (χ4n) is 1.44. The van der Waals surface area contributed by atoms with Gasteiger partial charge in [0.1, 0.15) is 10.9 Å². The molecule has 14 heavy (non-hydrogen) atoms. The number of hydrogen-bond donors (Lipinski definition) is 1. The maximum atomic E-state index is 8.68. The number of hydrogen-bond acceptors (Lipinski definition) is 4. The highest BCUT2D eigenvalue weighted by molar-refractivity contribution is 7.16. The molecule has 0 atom stereocenters. The minimum absolute atomic E-state index is 0. The molecule has 3 nitrogen and oxygen atoms in total. The standard InChI is InChI=1S/C9H11N3S.ClH/c10-7-8-1-2-9(13-8)12-5-3-11-4-6-12;/h1-2,11H,3-6H2;1H. The van der Waals surface area contributed by atoms with E-state index in [-0.39, 0.29) is 12.4 Å². The number of nitrogens with one attached hydrogen (secondary N) is 1. The molecule has 1 N–H and O–H groups in total. The summed E-state index contributed by atoms with van der Waals surface area (Å²) in [6, 6.07) is 6.09. The lowest BCUT2D eigenvalue weighted by atomic mass is 10.4. The molecule has 1 aliphatic rings. The molecule has 1 fully saturated rings. The van der Waals surface area contributed by atoms with Crippen molar-refractivity contribution in [1.82, 2.24) is 5.32 Å². The highest BCUT2D eigenvalue weighted by Crippen LogP contribution is 2.25. The molecule has 2 rings (SSSR count). The van der Waals surface area contributed by atoms with Crippen molar-refractivity contribution in [3.8, 4) is 6.07 Å². The summed E-state index contributed by atoms with van der Waals surface area (Å²) in [6.45, 7) is 4.18. The molecule has 0 amide bonds. The predicted octanol–water partition coefficient (Wildman–Crippen LogP) is 1.45. The third kappa shape index (κ3) is 2.38. The number of halogens is 1. The first kappa shape index (κ1) is 11.3. The van der Waals surface area contributed by atoms with Crippen LogP contribution < -0.4 is 10.2 Å². The Hall–Kier alpha value is -0.760. The molecule has 0 aliphatic carbocycles. The molecule has 76 valence electrons. The fourth-order valence-corrected chi connectivity index (χ4v) is 2.30. The number of rotatable bonds is 1. The molecule has 1 aromatic rings. The Morgan fingerprint density at radius 3 is 2.64 bits per heavy atom. The largest absolute Gasteiger partial charge is 0.361 e. The molecule has 5 heteroatoms. The van der Waals surface area contributed by atoms with Crippen LogP contribution in [-0.4, -0.2) is 26.2 Å². The van der Waals surface area contributed by atoms with Crippen molar-refractivity contribution in [1.29, 1.82) is 5.26 Å². The number of nitriles is 1. The number of nitrogens with zero attached hydrogens (tertiary/aromatic N) is 2. The van der Waals surface area contributed by atoms with E-state index in [1.165, 1.54) is 5.00 Å². The molecule has 0 saturated carbocycles. The lowest BCUT2D eigenvalue weighted by Crippen LogP contribution is -2.43. The van der Waals surface area contributed by atoms with E-state index in [0.29, 0.717) is 0 Å². The Labute approximate surface area is 93.7 Å². The second-order valence-corrected chi connectivity index (χ2v) is 4.05. The molecule has 1 saturated heterocycles. The average molecular weight is 230 g/mol. The summed E-state index contributed by atoms with van der Waals surface area (Å²) < 4.78 is 0. The van der Waals surface area contributed by atoms with Gasteiger partial charge in [0, 0.05) is 26.2 Å². The van der Waals surface area contributed by atoms with Crippen molar-refractivity contribution >= 4 is 28.7 Å². The summed E-state index contributed by atoms with van der Waals surface area (Å²) in [5.74, 6) is 0. The van der Waals surface area contributed by atoms with E-state index in [1.54, 1.807) is 11.3 Å². The van der Waals surface area contributed by atoms with Gasteiger partial charge in [0.05, 0.1) is 5.00 Å². The van der Waals surface area contributed by atoms with Gasteiger partial charge >= 0.3 is 0 Å². The van der Waals surface area contributed by atoms with Gasteiger partial charge in [0.25, 0.3) is 0 Å². The molecular weight excluding hydrogens is 218 g/mol. The van der Waals surface area contributed by atoms with E-state index in [2.05, 4.69) is 16.3 Å². The quantitative estimate of drug-likeness (QED) is 0.793. The molecular formula is C9H12ClN3S. The van der Waals surface area contributed by atoms with Crippen molar-refractivity contribution in [3.63, 3.8) is 0 Å². The maximum Gasteiger partial charge on any atom is 0.110 e. The second-order valence-electron chi connectivity index (χ2n) is 2.99. The van der Waals surface area contributed by atoms with Gasteiger partial charge in [0.2, 0.25) is 0 Å². The van der Waals surface area contributed by atoms with Crippen LogP contribution in [0, 0.1) is 11.3 Å². The summed E-state index contributed by atoms with van der Waals surface area (Å²) >= 11 is 1.58. The van der Waals surface area contributed by atoms with Crippen LogP contribution in [0.4, 0.5) is 5.00 Å². The van der Waals surface area contributed by atoms with Crippen LogP contribution in [0.25, 0.3) is 0 Å². The molecule has 0 spiro atoms. The van der Waals surface area contributed by atoms with Crippen molar-refractivity contribution in [3.05, 3.63) is 17.0 Å². The van der Waals surface area contributed by atoms with Gasteiger partial charge in [-0.1, -0.05) is 0 Å². The van der Waals surface area contributed by atoms with Gasteiger partial charge in [0.15, 0.2) is 0 Å². The van der Waals surface area contributed by atoms with Gasteiger partial charge < -0.3 is 10.2 Å². The van der Waals surface area contributed by atoms with E-state index >= 15 is 0 Å². The third-order valence-corrected chi connectivity index (χ3v) is 3.18. The van der Waals surface area contributed by atoms with E-state index < -0.39 is 0 Å². The van der Waals surface area contributed by atoms with Crippen molar-refractivity contribution in [2.24, 2.45) is 0 Å². The first-order valence-electron chi connectivity index (χ1n) is 4.36. The summed E-state index contributed by atoms with van der Waals surface area (Å²) in [4.78, 5) is 3.12. The van der Waals surface area contributed by atoms with Crippen LogP contribution in [0.2, 0.25) is 0 Å². The highest BCUT2D eigenvalue weighted by Gasteiger charge is 2.11. The Kier molecular flexibility index (Phi) is 4.21. The summed E-state index contributed by atoms with van der Waals surface area (Å²) in [5.41, 5.74) is 0. The average Bonchev–Trinajstić information content (AvgIpc) is 2.67. The minimum atomic E-state index is 0. The lowest BCUT2D eigenvalue weighted by molar-refractivity contribution is 0.592. The maximum absolute atomic E-state index is 8.68. The number of thiophene rings is 1. The molecule has 1 aliphatic heterocycles. The smallest absolute Gasteiger partial charge is 0.110 e. The zero-order valence-electron chi connectivity index (χ0n) is 7.69. The van der Waals surface area contributed by atoms with E-state index in [1.807, 2.05) is 12.1 Å². The van der Waals surface area contributed by atoms with Gasteiger partial charge in [-0.3, -0.25) is 0 Å². The monoisotopic (exact) mass is 229 g/mol. The van der Waals surface area contributed by atoms with Crippen molar-refractivity contribution in [2.45, 2.75) is 0 Å². The summed E-state index contributed by atoms with van der Waals surface area (Å²) in [7, 11) is 0. The number of piperazine rings is 1. The topological polar surface area (TPSA) is 39.1 Å². The zero-order valence-corrected chi connectivity index (χ0v) is 9.33. The first-order chi connectivity index (χ1) is 6.40. The van der Waals surface area contributed by atoms with Crippen molar-refractivity contribution in [2.75, 3.05) is 31.1 Å². The molecule has 2 heterocycles. The molecule has 1 aromatic heterocycles. The van der Waals surface area contributed by atoms with Gasteiger partial charge in [-0.2, -0.15) is 5.26 Å². The molecule has 0 bridgehead atoms. The molecule has 0 aromatic carbocycles. The van der Waals surface area contributed by atoms with Gasteiger partial charge in [-0.05, 0) is 12.1 Å². The summed E-state index contributed by atoms with van der Waals surface area (Å²) in [6.07, 6.45) is 0. The number of anilines is 1. The normalized spacial score (nSPS) is 15.8. The third-order valence-electron chi connectivity index (χ3n) is 2.13. The van der Waals surface area contributed by atoms with E-state index in [4.69, 9.17) is 5.26 Å². The Morgan fingerprint density at radius 1 is 1.36 bits per heavy atom. The van der Waals surface area contributed by atoms with Gasteiger partial charge in [-0.25, -0.2) is 0 Å². The zero-order chi connectivity index (χ0) is 9.10. The van der Waals surface area contributed by atoms with Crippen LogP contribution in [0.1, 0.15) is 4.88 Å². The van der Waals surface area contributed by atoms with E-state index in [9.17, 15) is 0 Å².